The molecule has 78 valence electrons. The Bertz CT molecular complexity index is 612. The van der Waals surface area contributed by atoms with Gasteiger partial charge in [0.25, 0.3) is 0 Å². The largest absolute Gasteiger partial charge is 0.398 e. The first-order valence-corrected chi connectivity index (χ1v) is 6.36. The summed E-state index contributed by atoms with van der Waals surface area (Å²) in [6.45, 7) is 0. The highest BCUT2D eigenvalue weighted by Gasteiger charge is 2.12. The van der Waals surface area contributed by atoms with Crippen LogP contribution < -0.4 is 5.73 Å². The first-order chi connectivity index (χ1) is 7.00. The Hall–Kier alpha value is -1.55. The zero-order valence-electron chi connectivity index (χ0n) is 8.27. The molecule has 2 aromatic rings. The number of anilines is 1. The monoisotopic (exact) mass is 221 g/mol. The number of fused-ring (bicyclic) bond motifs is 1. The molecular formula is C11H11NO2S. The lowest BCUT2D eigenvalue weighted by atomic mass is 10.1. The van der Waals surface area contributed by atoms with Crippen molar-refractivity contribution in [3.63, 3.8) is 0 Å². The Morgan fingerprint density at radius 3 is 2.27 bits per heavy atom. The summed E-state index contributed by atoms with van der Waals surface area (Å²) in [4.78, 5) is 0.290. The molecule has 2 aromatic carbocycles. The Kier molecular flexibility index (Phi) is 2.16. The molecule has 15 heavy (non-hydrogen) atoms. The van der Waals surface area contributed by atoms with Crippen molar-refractivity contribution in [2.45, 2.75) is 4.90 Å². The molecular weight excluding hydrogens is 210 g/mol. The van der Waals surface area contributed by atoms with Crippen LogP contribution >= 0.6 is 0 Å². The van der Waals surface area contributed by atoms with Gasteiger partial charge in [0, 0.05) is 17.3 Å². The number of nitrogen functional groups attached to an aromatic ring is 1. The lowest BCUT2D eigenvalue weighted by Gasteiger charge is -2.06. The third-order valence-corrected chi connectivity index (χ3v) is 3.44. The second-order valence-electron chi connectivity index (χ2n) is 3.47. The smallest absolute Gasteiger partial charge is 0.176 e. The van der Waals surface area contributed by atoms with Gasteiger partial charge in [0.1, 0.15) is 0 Å². The van der Waals surface area contributed by atoms with Crippen molar-refractivity contribution in [2.75, 3.05) is 12.0 Å². The molecule has 0 bridgehead atoms. The number of hydrogen-bond acceptors (Lipinski definition) is 3. The van der Waals surface area contributed by atoms with Crippen molar-refractivity contribution in [3.8, 4) is 0 Å². The first kappa shape index (κ1) is 9.98. The van der Waals surface area contributed by atoms with Crippen molar-refractivity contribution in [3.05, 3.63) is 36.4 Å². The van der Waals surface area contributed by atoms with Crippen LogP contribution in [0.5, 0.6) is 0 Å². The van der Waals surface area contributed by atoms with Crippen LogP contribution in [0.3, 0.4) is 0 Å². The second-order valence-corrected chi connectivity index (χ2v) is 5.46. The van der Waals surface area contributed by atoms with E-state index in [1.807, 2.05) is 18.2 Å². The summed E-state index contributed by atoms with van der Waals surface area (Å²) in [5, 5.41) is 1.46. The fourth-order valence-electron chi connectivity index (χ4n) is 1.64. The molecule has 2 N–H and O–H groups in total. The second kappa shape index (κ2) is 3.24. The molecule has 3 nitrogen and oxygen atoms in total. The van der Waals surface area contributed by atoms with E-state index in [0.717, 1.165) is 5.39 Å². The van der Waals surface area contributed by atoms with E-state index < -0.39 is 9.84 Å². The third kappa shape index (κ3) is 1.68. The lowest BCUT2D eigenvalue weighted by molar-refractivity contribution is 0.602. The summed E-state index contributed by atoms with van der Waals surface area (Å²) < 4.78 is 23.1. The highest BCUT2D eigenvalue weighted by molar-refractivity contribution is 7.91. The molecule has 0 saturated carbocycles. The quantitative estimate of drug-likeness (QED) is 0.747. The molecule has 4 heteroatoms. The van der Waals surface area contributed by atoms with Gasteiger partial charge >= 0.3 is 0 Å². The van der Waals surface area contributed by atoms with E-state index in [0.29, 0.717) is 11.1 Å². The van der Waals surface area contributed by atoms with E-state index in [2.05, 4.69) is 0 Å². The molecule has 0 radical (unpaired) electrons. The SMILES string of the molecule is CS(=O)(=O)c1cccc2cccc(N)c12. The minimum absolute atomic E-state index is 0.290. The van der Waals surface area contributed by atoms with Gasteiger partial charge in [0.05, 0.1) is 4.90 Å². The van der Waals surface area contributed by atoms with Crippen LogP contribution in [0.25, 0.3) is 10.8 Å². The highest BCUT2D eigenvalue weighted by atomic mass is 32.2. The summed E-state index contributed by atoms with van der Waals surface area (Å²) in [6.07, 6.45) is 1.19. The van der Waals surface area contributed by atoms with Gasteiger partial charge in [-0.05, 0) is 17.5 Å². The number of rotatable bonds is 1. The topological polar surface area (TPSA) is 60.2 Å². The van der Waals surface area contributed by atoms with E-state index in [1.165, 1.54) is 6.26 Å². The standard InChI is InChI=1S/C11H11NO2S/c1-15(13,14)10-7-3-5-8-4-2-6-9(12)11(8)10/h2-7H,12H2,1H3. The highest BCUT2D eigenvalue weighted by Crippen LogP contribution is 2.27. The van der Waals surface area contributed by atoms with Gasteiger partial charge in [-0.2, -0.15) is 0 Å². The van der Waals surface area contributed by atoms with Gasteiger partial charge in [0.2, 0.25) is 0 Å². The van der Waals surface area contributed by atoms with Gasteiger partial charge < -0.3 is 5.73 Å². The van der Waals surface area contributed by atoms with Crippen LogP contribution in [0, 0.1) is 0 Å². The van der Waals surface area contributed by atoms with Gasteiger partial charge in [-0.1, -0.05) is 24.3 Å². The third-order valence-electron chi connectivity index (χ3n) is 2.30. The zero-order valence-corrected chi connectivity index (χ0v) is 9.08. The van der Waals surface area contributed by atoms with Crippen LogP contribution in [-0.4, -0.2) is 14.7 Å². The Balaban J connectivity index is 2.99. The Morgan fingerprint density at radius 1 is 1.07 bits per heavy atom. The van der Waals surface area contributed by atoms with Crippen molar-refractivity contribution < 1.29 is 8.42 Å². The maximum Gasteiger partial charge on any atom is 0.176 e. The van der Waals surface area contributed by atoms with Gasteiger partial charge in [-0.3, -0.25) is 0 Å². The molecule has 0 saturated heterocycles. The van der Waals surface area contributed by atoms with E-state index in [-0.39, 0.29) is 4.90 Å². The Morgan fingerprint density at radius 2 is 1.67 bits per heavy atom. The van der Waals surface area contributed by atoms with Crippen LogP contribution in [0.1, 0.15) is 0 Å². The number of hydrogen-bond donors (Lipinski definition) is 1. The van der Waals surface area contributed by atoms with E-state index in [1.54, 1.807) is 18.2 Å². The van der Waals surface area contributed by atoms with Crippen LogP contribution in [-0.2, 0) is 9.84 Å². The van der Waals surface area contributed by atoms with Gasteiger partial charge in [-0.25, -0.2) is 8.42 Å². The molecule has 0 heterocycles. The summed E-state index contributed by atoms with van der Waals surface area (Å²) in [5.74, 6) is 0. The normalized spacial score (nSPS) is 11.8. The molecule has 0 aliphatic rings. The minimum atomic E-state index is -3.23. The first-order valence-electron chi connectivity index (χ1n) is 4.47. The summed E-state index contributed by atoms with van der Waals surface area (Å²) >= 11 is 0. The molecule has 0 aliphatic carbocycles. The minimum Gasteiger partial charge on any atom is -0.398 e. The van der Waals surface area contributed by atoms with Gasteiger partial charge in [-0.15, -0.1) is 0 Å². The van der Waals surface area contributed by atoms with Crippen LogP contribution in [0.4, 0.5) is 5.69 Å². The molecule has 0 fully saturated rings. The molecule has 0 unspecified atom stereocenters. The molecule has 0 atom stereocenters. The molecule has 0 spiro atoms. The maximum atomic E-state index is 11.5. The van der Waals surface area contributed by atoms with E-state index >= 15 is 0 Å². The predicted molar refractivity (Wildman–Crippen MR) is 61.5 cm³/mol. The fourth-order valence-corrected chi connectivity index (χ4v) is 2.58. The van der Waals surface area contributed by atoms with Crippen molar-refractivity contribution in [2.24, 2.45) is 0 Å². The van der Waals surface area contributed by atoms with Crippen LogP contribution in [0.2, 0.25) is 0 Å². The van der Waals surface area contributed by atoms with Gasteiger partial charge in [0.15, 0.2) is 9.84 Å². The fraction of sp³-hybridized carbons (Fsp3) is 0.0909. The summed E-state index contributed by atoms with van der Waals surface area (Å²) in [5.41, 5.74) is 6.28. The van der Waals surface area contributed by atoms with Crippen molar-refractivity contribution in [1.82, 2.24) is 0 Å². The van der Waals surface area contributed by atoms with Crippen molar-refractivity contribution >= 4 is 26.3 Å². The zero-order chi connectivity index (χ0) is 11.1. The van der Waals surface area contributed by atoms with Crippen molar-refractivity contribution in [1.29, 1.82) is 0 Å². The maximum absolute atomic E-state index is 11.5. The number of sulfone groups is 1. The average Bonchev–Trinajstić information content (AvgIpc) is 2.16. The van der Waals surface area contributed by atoms with E-state index in [4.69, 9.17) is 5.73 Å². The molecule has 0 aliphatic heterocycles. The molecule has 0 aromatic heterocycles. The van der Waals surface area contributed by atoms with Crippen LogP contribution in [0.15, 0.2) is 41.3 Å². The number of nitrogens with two attached hydrogens (primary N) is 1. The van der Waals surface area contributed by atoms with E-state index in [9.17, 15) is 8.42 Å². The summed E-state index contributed by atoms with van der Waals surface area (Å²) in [6, 6.07) is 10.5. The summed E-state index contributed by atoms with van der Waals surface area (Å²) in [7, 11) is -3.23. The average molecular weight is 221 g/mol. The predicted octanol–water partition coefficient (Wildman–Crippen LogP) is 1.83. The Labute approximate surface area is 88.4 Å². The molecule has 2 rings (SSSR count). The lowest BCUT2D eigenvalue weighted by Crippen LogP contribution is -2.00. The number of benzene rings is 2. The molecule has 0 amide bonds.